The lowest BCUT2D eigenvalue weighted by molar-refractivity contribution is 0.477. The summed E-state index contributed by atoms with van der Waals surface area (Å²) in [6.45, 7) is 0. The first kappa shape index (κ1) is 9.21. The van der Waals surface area contributed by atoms with Gasteiger partial charge < -0.3 is 4.74 Å². The second-order valence-electron chi connectivity index (χ2n) is 2.64. The molecule has 0 bridgehead atoms. The van der Waals surface area contributed by atoms with Crippen molar-refractivity contribution in [2.45, 2.75) is 0 Å². The van der Waals surface area contributed by atoms with Crippen LogP contribution < -0.4 is 4.74 Å². The van der Waals surface area contributed by atoms with E-state index in [4.69, 9.17) is 4.74 Å². The minimum Gasteiger partial charge on any atom is -0.455 e. The highest BCUT2D eigenvalue weighted by Gasteiger charge is 2.00. The number of rotatable bonds is 2. The zero-order valence-electron chi connectivity index (χ0n) is 7.27. The van der Waals surface area contributed by atoms with E-state index < -0.39 is 0 Å². The second-order valence-corrected chi connectivity index (χ2v) is 3.43. The molecule has 3 heteroatoms. The Bertz CT molecular complexity index is 417. The van der Waals surface area contributed by atoms with Crippen LogP contribution >= 0.6 is 15.9 Å². The summed E-state index contributed by atoms with van der Waals surface area (Å²) in [6.07, 6.45) is 3.37. The lowest BCUT2D eigenvalue weighted by atomic mass is 10.3. The van der Waals surface area contributed by atoms with E-state index in [1.54, 1.807) is 12.4 Å². The molecule has 2 nitrogen and oxygen atoms in total. The van der Waals surface area contributed by atoms with Crippen molar-refractivity contribution in [2.24, 2.45) is 0 Å². The molecule has 0 saturated carbocycles. The minimum atomic E-state index is 0.716. The fourth-order valence-corrected chi connectivity index (χ4v) is 1.36. The van der Waals surface area contributed by atoms with E-state index in [-0.39, 0.29) is 0 Å². The quantitative estimate of drug-likeness (QED) is 0.813. The number of aromatic nitrogens is 1. The predicted molar refractivity (Wildman–Crippen MR) is 57.3 cm³/mol. The van der Waals surface area contributed by atoms with Gasteiger partial charge >= 0.3 is 0 Å². The molecule has 0 atom stereocenters. The molecular formula is C11H7BrNO. The van der Waals surface area contributed by atoms with Crippen molar-refractivity contribution in [2.75, 3.05) is 0 Å². The molecule has 0 N–H and O–H groups in total. The first-order valence-electron chi connectivity index (χ1n) is 4.10. The maximum atomic E-state index is 5.57. The van der Waals surface area contributed by atoms with Crippen molar-refractivity contribution in [1.82, 2.24) is 4.98 Å². The van der Waals surface area contributed by atoms with Gasteiger partial charge in [0.25, 0.3) is 0 Å². The van der Waals surface area contributed by atoms with Crippen LogP contribution in [0.5, 0.6) is 11.5 Å². The molecule has 0 aliphatic heterocycles. The highest BCUT2D eigenvalue weighted by molar-refractivity contribution is 9.10. The van der Waals surface area contributed by atoms with Crippen molar-refractivity contribution in [3.05, 3.63) is 53.3 Å². The molecular weight excluding hydrogens is 242 g/mol. The third-order valence-corrected chi connectivity index (χ3v) is 2.25. The minimum absolute atomic E-state index is 0.716. The fraction of sp³-hybridized carbons (Fsp3) is 0. The summed E-state index contributed by atoms with van der Waals surface area (Å²) in [5, 5.41) is 0. The van der Waals surface area contributed by atoms with E-state index in [2.05, 4.69) is 27.0 Å². The zero-order chi connectivity index (χ0) is 9.80. The summed E-state index contributed by atoms with van der Waals surface area (Å²) in [4.78, 5) is 3.96. The number of benzene rings is 1. The standard InChI is InChI=1S/C11H7BrNO/c12-10-5-1-2-6-11(10)14-9-4-3-7-13-8-9/h1-4,6-8H. The molecule has 0 aliphatic carbocycles. The summed E-state index contributed by atoms with van der Waals surface area (Å²) in [5.74, 6) is 1.45. The lowest BCUT2D eigenvalue weighted by Gasteiger charge is -2.05. The van der Waals surface area contributed by atoms with Gasteiger partial charge in [0.1, 0.15) is 11.5 Å². The number of ether oxygens (including phenoxy) is 1. The number of halogens is 1. The number of nitrogens with zero attached hydrogens (tertiary/aromatic N) is 1. The van der Waals surface area contributed by atoms with Crippen LogP contribution in [0.15, 0.2) is 47.2 Å². The van der Waals surface area contributed by atoms with Crippen LogP contribution in [0.2, 0.25) is 0 Å². The molecule has 0 saturated heterocycles. The Labute approximate surface area is 90.7 Å². The van der Waals surface area contributed by atoms with E-state index in [0.717, 1.165) is 10.2 Å². The molecule has 1 radical (unpaired) electrons. The molecule has 69 valence electrons. The molecule has 14 heavy (non-hydrogen) atoms. The van der Waals surface area contributed by atoms with E-state index >= 15 is 0 Å². The molecule has 0 fully saturated rings. The van der Waals surface area contributed by atoms with E-state index in [1.165, 1.54) is 0 Å². The van der Waals surface area contributed by atoms with Gasteiger partial charge in [-0.15, -0.1) is 0 Å². The van der Waals surface area contributed by atoms with Crippen molar-refractivity contribution in [1.29, 1.82) is 0 Å². The average molecular weight is 249 g/mol. The van der Waals surface area contributed by atoms with Crippen molar-refractivity contribution in [3.63, 3.8) is 0 Å². The Kier molecular flexibility index (Phi) is 2.79. The van der Waals surface area contributed by atoms with Crippen molar-refractivity contribution >= 4 is 15.9 Å². The maximum absolute atomic E-state index is 5.57. The van der Waals surface area contributed by atoms with Crippen molar-refractivity contribution < 1.29 is 4.74 Å². The average Bonchev–Trinajstić information content (AvgIpc) is 2.23. The molecule has 2 rings (SSSR count). The smallest absolute Gasteiger partial charge is 0.145 e. The van der Waals surface area contributed by atoms with Gasteiger partial charge in [-0.05, 0) is 34.1 Å². The largest absolute Gasteiger partial charge is 0.455 e. The number of pyridine rings is 1. The molecule has 0 aliphatic rings. The topological polar surface area (TPSA) is 22.1 Å². The van der Waals surface area contributed by atoms with Gasteiger partial charge in [-0.2, -0.15) is 0 Å². The van der Waals surface area contributed by atoms with Gasteiger partial charge in [0.2, 0.25) is 0 Å². The van der Waals surface area contributed by atoms with Crippen LogP contribution in [-0.2, 0) is 0 Å². The van der Waals surface area contributed by atoms with E-state index in [9.17, 15) is 0 Å². The lowest BCUT2D eigenvalue weighted by Crippen LogP contribution is -1.85. The Morgan fingerprint density at radius 2 is 2.21 bits per heavy atom. The molecule has 0 amide bonds. The monoisotopic (exact) mass is 248 g/mol. The summed E-state index contributed by atoms with van der Waals surface area (Å²) in [7, 11) is 0. The fourth-order valence-electron chi connectivity index (χ4n) is 1.01. The first-order chi connectivity index (χ1) is 6.86. The molecule has 1 aromatic heterocycles. The highest BCUT2D eigenvalue weighted by atomic mass is 79.9. The van der Waals surface area contributed by atoms with E-state index in [0.29, 0.717) is 5.75 Å². The van der Waals surface area contributed by atoms with Gasteiger partial charge in [-0.25, -0.2) is 0 Å². The molecule has 1 heterocycles. The van der Waals surface area contributed by atoms with Crippen LogP contribution in [0, 0.1) is 6.07 Å². The van der Waals surface area contributed by atoms with Crippen LogP contribution in [0.1, 0.15) is 0 Å². The second kappa shape index (κ2) is 4.24. The van der Waals surface area contributed by atoms with Crippen LogP contribution in [0.25, 0.3) is 0 Å². The Hall–Kier alpha value is -1.35. The van der Waals surface area contributed by atoms with Gasteiger partial charge in [-0.1, -0.05) is 12.1 Å². The number of hydrogen-bond donors (Lipinski definition) is 0. The summed E-state index contributed by atoms with van der Waals surface area (Å²) in [5.41, 5.74) is 0. The van der Waals surface area contributed by atoms with Gasteiger partial charge in [0.15, 0.2) is 0 Å². The summed E-state index contributed by atoms with van der Waals surface area (Å²) in [6, 6.07) is 12.2. The summed E-state index contributed by atoms with van der Waals surface area (Å²) < 4.78 is 6.38. The highest BCUT2D eigenvalue weighted by Crippen LogP contribution is 2.27. The normalized spacial score (nSPS) is 9.79. The van der Waals surface area contributed by atoms with Gasteiger partial charge in [-0.3, -0.25) is 4.98 Å². The van der Waals surface area contributed by atoms with Crippen LogP contribution in [0.3, 0.4) is 0 Å². The van der Waals surface area contributed by atoms with E-state index in [1.807, 2.05) is 30.3 Å². The zero-order valence-corrected chi connectivity index (χ0v) is 8.86. The maximum Gasteiger partial charge on any atom is 0.145 e. The predicted octanol–water partition coefficient (Wildman–Crippen LogP) is 3.44. The van der Waals surface area contributed by atoms with Gasteiger partial charge in [0.05, 0.1) is 10.7 Å². The number of hydrogen-bond acceptors (Lipinski definition) is 2. The Balaban J connectivity index is 2.24. The van der Waals surface area contributed by atoms with Gasteiger partial charge in [0, 0.05) is 12.3 Å². The third kappa shape index (κ3) is 2.12. The summed E-state index contributed by atoms with van der Waals surface area (Å²) >= 11 is 3.35. The molecule has 0 unspecified atom stereocenters. The molecule has 1 aromatic carbocycles. The van der Waals surface area contributed by atoms with Crippen LogP contribution in [-0.4, -0.2) is 4.98 Å². The van der Waals surface area contributed by atoms with Crippen LogP contribution in [0.4, 0.5) is 0 Å². The molecule has 2 aromatic rings. The SMILES string of the molecule is Brc1[c]cccc1Oc1cccnc1. The van der Waals surface area contributed by atoms with Crippen molar-refractivity contribution in [3.8, 4) is 11.5 Å². The molecule has 0 spiro atoms. The Morgan fingerprint density at radius 3 is 2.93 bits per heavy atom. The first-order valence-corrected chi connectivity index (χ1v) is 4.89. The Morgan fingerprint density at radius 1 is 1.29 bits per heavy atom. The third-order valence-electron chi connectivity index (χ3n) is 1.63.